The first-order valence-electron chi connectivity index (χ1n) is 7.23. The van der Waals surface area contributed by atoms with E-state index in [9.17, 15) is 0 Å². The quantitative estimate of drug-likeness (QED) is 0.928. The van der Waals surface area contributed by atoms with Gasteiger partial charge in [0.2, 0.25) is 0 Å². The van der Waals surface area contributed by atoms with Crippen LogP contribution in [0.15, 0.2) is 43.0 Å². The summed E-state index contributed by atoms with van der Waals surface area (Å²) in [7, 11) is 1.81. The van der Waals surface area contributed by atoms with E-state index < -0.39 is 0 Å². The molecule has 4 heteroatoms. The van der Waals surface area contributed by atoms with Crippen LogP contribution in [0, 0.1) is 0 Å². The lowest BCUT2D eigenvalue weighted by molar-refractivity contribution is 0.0669. The van der Waals surface area contributed by atoms with Gasteiger partial charge in [-0.2, -0.15) is 0 Å². The molecular weight excluding hydrogens is 250 g/mol. The number of anilines is 1. The molecule has 0 saturated heterocycles. The molecule has 2 aromatic rings. The SMILES string of the molecule is COC1CCCC(Nc2cccc(-n3ccnc3)c2)C1. The highest BCUT2D eigenvalue weighted by molar-refractivity contribution is 5.51. The van der Waals surface area contributed by atoms with Crippen molar-refractivity contribution in [3.8, 4) is 5.69 Å². The van der Waals surface area contributed by atoms with Crippen LogP contribution < -0.4 is 5.32 Å². The van der Waals surface area contributed by atoms with Gasteiger partial charge in [-0.05, 0) is 43.9 Å². The van der Waals surface area contributed by atoms with Gasteiger partial charge in [-0.3, -0.25) is 0 Å². The summed E-state index contributed by atoms with van der Waals surface area (Å²) >= 11 is 0. The molecule has 1 heterocycles. The van der Waals surface area contributed by atoms with E-state index in [1.54, 1.807) is 6.20 Å². The zero-order valence-electron chi connectivity index (χ0n) is 11.8. The molecule has 2 unspecified atom stereocenters. The van der Waals surface area contributed by atoms with Crippen molar-refractivity contribution in [3.63, 3.8) is 0 Å². The van der Waals surface area contributed by atoms with Crippen LogP contribution in [0.5, 0.6) is 0 Å². The van der Waals surface area contributed by atoms with Gasteiger partial charge in [0.05, 0.1) is 12.4 Å². The molecule has 0 aliphatic heterocycles. The first-order chi connectivity index (χ1) is 9.85. The van der Waals surface area contributed by atoms with Gasteiger partial charge in [0.25, 0.3) is 0 Å². The Morgan fingerprint density at radius 3 is 3.10 bits per heavy atom. The summed E-state index contributed by atoms with van der Waals surface area (Å²) in [6, 6.07) is 8.96. The van der Waals surface area contributed by atoms with Crippen molar-refractivity contribution in [2.24, 2.45) is 0 Å². The first kappa shape index (κ1) is 13.2. The molecule has 20 heavy (non-hydrogen) atoms. The number of nitrogens with one attached hydrogen (secondary N) is 1. The number of hydrogen-bond donors (Lipinski definition) is 1. The van der Waals surface area contributed by atoms with Gasteiger partial charge in [0, 0.05) is 36.9 Å². The summed E-state index contributed by atoms with van der Waals surface area (Å²) in [5.41, 5.74) is 2.30. The number of rotatable bonds is 4. The summed E-state index contributed by atoms with van der Waals surface area (Å²) in [5.74, 6) is 0. The third kappa shape index (κ3) is 3.02. The summed E-state index contributed by atoms with van der Waals surface area (Å²) < 4.78 is 7.51. The lowest BCUT2D eigenvalue weighted by Crippen LogP contribution is -2.31. The Labute approximate surface area is 119 Å². The van der Waals surface area contributed by atoms with Crippen molar-refractivity contribution in [2.75, 3.05) is 12.4 Å². The number of imidazole rings is 1. The maximum Gasteiger partial charge on any atom is 0.0991 e. The second kappa shape index (κ2) is 6.09. The van der Waals surface area contributed by atoms with Crippen LogP contribution in [0.3, 0.4) is 0 Å². The fourth-order valence-corrected chi connectivity index (χ4v) is 2.89. The van der Waals surface area contributed by atoms with Crippen molar-refractivity contribution < 1.29 is 4.74 Å². The standard InChI is InChI=1S/C16H21N3O/c1-20-16-7-3-5-14(11-16)18-13-4-2-6-15(10-13)19-9-8-17-12-19/h2,4,6,8-10,12,14,16,18H,3,5,7,11H2,1H3. The molecule has 0 spiro atoms. The van der Waals surface area contributed by atoms with E-state index in [1.807, 2.05) is 24.2 Å². The normalized spacial score (nSPS) is 22.6. The van der Waals surface area contributed by atoms with E-state index >= 15 is 0 Å². The Bertz CT molecular complexity index is 538. The van der Waals surface area contributed by atoms with Gasteiger partial charge < -0.3 is 14.6 Å². The van der Waals surface area contributed by atoms with Gasteiger partial charge in [0.1, 0.15) is 0 Å². The van der Waals surface area contributed by atoms with Crippen LogP contribution in [0.25, 0.3) is 5.69 Å². The molecule has 1 aromatic carbocycles. The zero-order chi connectivity index (χ0) is 13.8. The maximum absolute atomic E-state index is 5.49. The molecule has 4 nitrogen and oxygen atoms in total. The monoisotopic (exact) mass is 271 g/mol. The summed E-state index contributed by atoms with van der Waals surface area (Å²) in [5, 5.41) is 3.63. The minimum atomic E-state index is 0.401. The van der Waals surface area contributed by atoms with Crippen LogP contribution >= 0.6 is 0 Å². The van der Waals surface area contributed by atoms with Gasteiger partial charge in [-0.25, -0.2) is 4.98 Å². The highest BCUT2D eigenvalue weighted by Crippen LogP contribution is 2.24. The van der Waals surface area contributed by atoms with Gasteiger partial charge in [0.15, 0.2) is 0 Å². The molecule has 1 N–H and O–H groups in total. The fourth-order valence-electron chi connectivity index (χ4n) is 2.89. The maximum atomic E-state index is 5.49. The van der Waals surface area contributed by atoms with E-state index in [1.165, 1.54) is 19.3 Å². The van der Waals surface area contributed by atoms with Crippen LogP contribution in [0.4, 0.5) is 5.69 Å². The summed E-state index contributed by atoms with van der Waals surface area (Å²) in [6.45, 7) is 0. The predicted octanol–water partition coefficient (Wildman–Crippen LogP) is 3.24. The minimum absolute atomic E-state index is 0.401. The van der Waals surface area contributed by atoms with Gasteiger partial charge in [-0.1, -0.05) is 6.07 Å². The molecule has 106 valence electrons. The first-order valence-corrected chi connectivity index (χ1v) is 7.23. The molecule has 1 saturated carbocycles. The van der Waals surface area contributed by atoms with Crippen LogP contribution in [-0.4, -0.2) is 28.8 Å². The van der Waals surface area contributed by atoms with Crippen molar-refractivity contribution in [1.82, 2.24) is 9.55 Å². The molecule has 3 rings (SSSR count). The van der Waals surface area contributed by atoms with E-state index in [0.29, 0.717) is 12.1 Å². The Morgan fingerprint density at radius 2 is 2.30 bits per heavy atom. The Morgan fingerprint density at radius 1 is 1.35 bits per heavy atom. The van der Waals surface area contributed by atoms with Crippen molar-refractivity contribution in [1.29, 1.82) is 0 Å². The summed E-state index contributed by atoms with van der Waals surface area (Å²) in [6.07, 6.45) is 10.7. The molecule has 1 aliphatic carbocycles. The smallest absolute Gasteiger partial charge is 0.0991 e. The average molecular weight is 271 g/mol. The topological polar surface area (TPSA) is 39.1 Å². The second-order valence-electron chi connectivity index (χ2n) is 5.39. The number of methoxy groups -OCH3 is 1. The van der Waals surface area contributed by atoms with Crippen LogP contribution in [0.2, 0.25) is 0 Å². The van der Waals surface area contributed by atoms with Gasteiger partial charge in [-0.15, -0.1) is 0 Å². The van der Waals surface area contributed by atoms with E-state index in [4.69, 9.17) is 4.74 Å². The number of ether oxygens (including phenoxy) is 1. The van der Waals surface area contributed by atoms with Crippen molar-refractivity contribution in [2.45, 2.75) is 37.8 Å². The van der Waals surface area contributed by atoms with Crippen molar-refractivity contribution in [3.05, 3.63) is 43.0 Å². The molecule has 2 atom stereocenters. The third-order valence-corrected chi connectivity index (χ3v) is 3.98. The van der Waals surface area contributed by atoms with Gasteiger partial charge >= 0.3 is 0 Å². The van der Waals surface area contributed by atoms with Crippen LogP contribution in [0.1, 0.15) is 25.7 Å². The van der Waals surface area contributed by atoms with Crippen LogP contribution in [-0.2, 0) is 4.74 Å². The molecule has 0 amide bonds. The summed E-state index contributed by atoms with van der Waals surface area (Å²) in [4.78, 5) is 4.09. The zero-order valence-corrected chi connectivity index (χ0v) is 11.8. The second-order valence-corrected chi connectivity index (χ2v) is 5.39. The Kier molecular flexibility index (Phi) is 4.02. The van der Waals surface area contributed by atoms with E-state index in [0.717, 1.165) is 17.8 Å². The highest BCUT2D eigenvalue weighted by atomic mass is 16.5. The molecular formula is C16H21N3O. The largest absolute Gasteiger partial charge is 0.382 e. The average Bonchev–Trinajstić information content (AvgIpc) is 3.02. The third-order valence-electron chi connectivity index (χ3n) is 3.98. The predicted molar refractivity (Wildman–Crippen MR) is 80.2 cm³/mol. The number of aromatic nitrogens is 2. The number of benzene rings is 1. The Balaban J connectivity index is 1.70. The Hall–Kier alpha value is -1.81. The molecule has 1 fully saturated rings. The molecule has 1 aliphatic rings. The minimum Gasteiger partial charge on any atom is -0.382 e. The number of nitrogens with zero attached hydrogens (tertiary/aromatic N) is 2. The lowest BCUT2D eigenvalue weighted by Gasteiger charge is -2.29. The fraction of sp³-hybridized carbons (Fsp3) is 0.438. The highest BCUT2D eigenvalue weighted by Gasteiger charge is 2.21. The molecule has 0 bridgehead atoms. The van der Waals surface area contributed by atoms with Crippen molar-refractivity contribution >= 4 is 5.69 Å². The molecule has 0 radical (unpaired) electrons. The van der Waals surface area contributed by atoms with E-state index in [2.05, 4.69) is 34.6 Å². The lowest BCUT2D eigenvalue weighted by atomic mass is 9.92. The molecule has 1 aromatic heterocycles. The number of hydrogen-bond acceptors (Lipinski definition) is 3. The van der Waals surface area contributed by atoms with E-state index in [-0.39, 0.29) is 0 Å².